The molecule has 0 fully saturated rings. The molecule has 0 aliphatic carbocycles. The van der Waals surface area contributed by atoms with Crippen LogP contribution in [0.2, 0.25) is 0 Å². The van der Waals surface area contributed by atoms with Gasteiger partial charge in [0.25, 0.3) is 0 Å². The number of nitrogens with zero attached hydrogens (tertiary/aromatic N) is 4. The number of pyridine rings is 1. The van der Waals surface area contributed by atoms with Crippen molar-refractivity contribution < 1.29 is 18.3 Å². The Morgan fingerprint density at radius 2 is 2.00 bits per heavy atom. The highest BCUT2D eigenvalue weighted by Crippen LogP contribution is 2.31. The van der Waals surface area contributed by atoms with Gasteiger partial charge in [0.05, 0.1) is 18.1 Å². The van der Waals surface area contributed by atoms with Gasteiger partial charge in [0.1, 0.15) is 11.5 Å². The van der Waals surface area contributed by atoms with E-state index in [1.807, 2.05) is 0 Å². The summed E-state index contributed by atoms with van der Waals surface area (Å²) in [6, 6.07) is 6.43. The van der Waals surface area contributed by atoms with Crippen LogP contribution in [-0.2, 0) is 0 Å². The minimum atomic E-state index is -0.848. The molecule has 0 spiro atoms. The standard InChI is InChI=1S/C17H11F2N5O2/c1-25-16-10(3-2-6-20-16)14-11-8-21-17(22-15(11)24-23-14)26-13-5-4-9(18)7-12(13)19/h2-8H,1H3,(H,21,22,23,24). The summed E-state index contributed by atoms with van der Waals surface area (Å²) in [5.74, 6) is -1.32. The third kappa shape index (κ3) is 2.79. The molecule has 130 valence electrons. The molecule has 0 radical (unpaired) electrons. The van der Waals surface area contributed by atoms with Gasteiger partial charge >= 0.3 is 6.01 Å². The van der Waals surface area contributed by atoms with Crippen molar-refractivity contribution in [3.05, 3.63) is 54.4 Å². The molecule has 4 rings (SSSR count). The first kappa shape index (κ1) is 15.9. The first-order valence-corrected chi connectivity index (χ1v) is 7.49. The lowest BCUT2D eigenvalue weighted by Crippen LogP contribution is -1.95. The summed E-state index contributed by atoms with van der Waals surface area (Å²) in [5, 5.41) is 7.61. The van der Waals surface area contributed by atoms with Gasteiger partial charge in [-0.15, -0.1) is 0 Å². The van der Waals surface area contributed by atoms with Crippen LogP contribution in [0.5, 0.6) is 17.6 Å². The molecule has 0 aliphatic heterocycles. The monoisotopic (exact) mass is 355 g/mol. The highest BCUT2D eigenvalue weighted by Gasteiger charge is 2.16. The van der Waals surface area contributed by atoms with E-state index in [9.17, 15) is 8.78 Å². The van der Waals surface area contributed by atoms with E-state index in [-0.39, 0.29) is 11.8 Å². The molecular formula is C17H11F2N5O2. The number of halogens is 2. The Kier molecular flexibility index (Phi) is 3.88. The summed E-state index contributed by atoms with van der Waals surface area (Å²) in [5.41, 5.74) is 1.62. The lowest BCUT2D eigenvalue weighted by molar-refractivity contribution is 0.399. The van der Waals surface area contributed by atoms with Crippen LogP contribution in [0.1, 0.15) is 0 Å². The molecule has 26 heavy (non-hydrogen) atoms. The van der Waals surface area contributed by atoms with Gasteiger partial charge in [-0.25, -0.2) is 18.7 Å². The molecule has 1 aromatic carbocycles. The fourth-order valence-electron chi connectivity index (χ4n) is 2.44. The van der Waals surface area contributed by atoms with E-state index >= 15 is 0 Å². The van der Waals surface area contributed by atoms with Gasteiger partial charge in [-0.3, -0.25) is 5.10 Å². The number of fused-ring (bicyclic) bond motifs is 1. The fraction of sp³-hybridized carbons (Fsp3) is 0.0588. The molecule has 4 aromatic rings. The smallest absolute Gasteiger partial charge is 0.324 e. The maximum absolute atomic E-state index is 13.7. The van der Waals surface area contributed by atoms with E-state index in [1.165, 1.54) is 13.3 Å². The Balaban J connectivity index is 1.71. The van der Waals surface area contributed by atoms with Crippen molar-refractivity contribution in [1.82, 2.24) is 25.1 Å². The number of hydrogen-bond donors (Lipinski definition) is 1. The first-order chi connectivity index (χ1) is 12.7. The second-order valence-corrected chi connectivity index (χ2v) is 5.22. The predicted molar refractivity (Wildman–Crippen MR) is 87.9 cm³/mol. The molecule has 9 heteroatoms. The van der Waals surface area contributed by atoms with Gasteiger partial charge < -0.3 is 9.47 Å². The molecule has 1 N–H and O–H groups in total. The molecule has 0 amide bonds. The number of ether oxygens (including phenoxy) is 2. The average Bonchev–Trinajstić information content (AvgIpc) is 3.07. The van der Waals surface area contributed by atoms with E-state index in [2.05, 4.69) is 25.1 Å². The minimum Gasteiger partial charge on any atom is -0.481 e. The molecule has 3 aromatic heterocycles. The van der Waals surface area contributed by atoms with Crippen LogP contribution in [0, 0.1) is 11.6 Å². The number of H-pyrrole nitrogens is 1. The van der Waals surface area contributed by atoms with Crippen molar-refractivity contribution in [1.29, 1.82) is 0 Å². The normalized spacial score (nSPS) is 10.9. The Hall–Kier alpha value is -3.62. The molecule has 3 heterocycles. The highest BCUT2D eigenvalue weighted by atomic mass is 19.1. The fourth-order valence-corrected chi connectivity index (χ4v) is 2.44. The van der Waals surface area contributed by atoms with E-state index in [4.69, 9.17) is 9.47 Å². The summed E-state index contributed by atoms with van der Waals surface area (Å²) in [6.07, 6.45) is 3.10. The maximum atomic E-state index is 13.7. The average molecular weight is 355 g/mol. The van der Waals surface area contributed by atoms with Crippen molar-refractivity contribution in [3.8, 4) is 28.9 Å². The summed E-state index contributed by atoms with van der Waals surface area (Å²) in [7, 11) is 1.51. The zero-order valence-corrected chi connectivity index (χ0v) is 13.4. The first-order valence-electron chi connectivity index (χ1n) is 7.49. The van der Waals surface area contributed by atoms with Gasteiger partial charge in [0, 0.05) is 18.5 Å². The molecular weight excluding hydrogens is 344 g/mol. The van der Waals surface area contributed by atoms with E-state index in [1.54, 1.807) is 18.3 Å². The minimum absolute atomic E-state index is 0.101. The van der Waals surface area contributed by atoms with Crippen LogP contribution >= 0.6 is 0 Å². The Morgan fingerprint density at radius 3 is 2.81 bits per heavy atom. The molecule has 0 unspecified atom stereocenters. The van der Waals surface area contributed by atoms with Crippen molar-refractivity contribution in [2.75, 3.05) is 7.11 Å². The largest absolute Gasteiger partial charge is 0.481 e. The Bertz CT molecular complexity index is 1100. The Morgan fingerprint density at radius 1 is 1.12 bits per heavy atom. The van der Waals surface area contributed by atoms with Gasteiger partial charge in [-0.1, -0.05) is 0 Å². The number of aromatic nitrogens is 5. The number of aromatic amines is 1. The number of methoxy groups -OCH3 is 1. The third-order valence-electron chi connectivity index (χ3n) is 3.61. The Labute approximate surface area is 145 Å². The molecule has 0 aliphatic rings. The summed E-state index contributed by atoms with van der Waals surface area (Å²) < 4.78 is 37.2. The van der Waals surface area contributed by atoms with Crippen LogP contribution in [0.15, 0.2) is 42.7 Å². The quantitative estimate of drug-likeness (QED) is 0.603. The lowest BCUT2D eigenvalue weighted by Gasteiger charge is -2.05. The number of rotatable bonds is 4. The number of nitrogens with one attached hydrogen (secondary N) is 1. The van der Waals surface area contributed by atoms with Crippen molar-refractivity contribution in [3.63, 3.8) is 0 Å². The van der Waals surface area contributed by atoms with E-state index < -0.39 is 11.6 Å². The summed E-state index contributed by atoms with van der Waals surface area (Å²) in [6.45, 7) is 0. The van der Waals surface area contributed by atoms with Gasteiger partial charge in [0.15, 0.2) is 17.2 Å². The topological polar surface area (TPSA) is 85.8 Å². The van der Waals surface area contributed by atoms with Gasteiger partial charge in [-0.05, 0) is 24.3 Å². The van der Waals surface area contributed by atoms with Crippen LogP contribution in [0.4, 0.5) is 8.78 Å². The molecule has 0 atom stereocenters. The van der Waals surface area contributed by atoms with E-state index in [0.717, 1.165) is 18.2 Å². The third-order valence-corrected chi connectivity index (χ3v) is 3.61. The van der Waals surface area contributed by atoms with Crippen LogP contribution in [0.25, 0.3) is 22.3 Å². The van der Waals surface area contributed by atoms with Crippen molar-refractivity contribution in [2.24, 2.45) is 0 Å². The zero-order valence-electron chi connectivity index (χ0n) is 13.4. The maximum Gasteiger partial charge on any atom is 0.324 e. The molecule has 0 saturated carbocycles. The summed E-state index contributed by atoms with van der Waals surface area (Å²) in [4.78, 5) is 12.4. The second kappa shape index (κ2) is 6.36. The molecule has 0 bridgehead atoms. The predicted octanol–water partition coefficient (Wildman–Crippen LogP) is 3.49. The second-order valence-electron chi connectivity index (χ2n) is 5.22. The summed E-state index contributed by atoms with van der Waals surface area (Å²) >= 11 is 0. The molecule has 7 nitrogen and oxygen atoms in total. The van der Waals surface area contributed by atoms with Gasteiger partial charge in [-0.2, -0.15) is 10.1 Å². The number of benzene rings is 1. The van der Waals surface area contributed by atoms with Crippen molar-refractivity contribution >= 4 is 11.0 Å². The van der Waals surface area contributed by atoms with Crippen molar-refractivity contribution in [2.45, 2.75) is 0 Å². The van der Waals surface area contributed by atoms with Gasteiger partial charge in [0.2, 0.25) is 5.88 Å². The zero-order chi connectivity index (χ0) is 18.1. The number of hydrogen-bond acceptors (Lipinski definition) is 6. The van der Waals surface area contributed by atoms with Crippen LogP contribution < -0.4 is 9.47 Å². The van der Waals surface area contributed by atoms with Crippen LogP contribution in [-0.4, -0.2) is 32.3 Å². The van der Waals surface area contributed by atoms with E-state index in [0.29, 0.717) is 28.2 Å². The lowest BCUT2D eigenvalue weighted by atomic mass is 10.1. The highest BCUT2D eigenvalue weighted by molar-refractivity contribution is 5.91. The SMILES string of the molecule is COc1ncccc1-c1n[nH]c2nc(Oc3ccc(F)cc3F)ncc12. The molecule has 0 saturated heterocycles. The van der Waals surface area contributed by atoms with Crippen LogP contribution in [0.3, 0.4) is 0 Å².